The second-order valence-corrected chi connectivity index (χ2v) is 5.06. The van der Waals surface area contributed by atoms with E-state index >= 15 is 0 Å². The first-order valence-electron chi connectivity index (χ1n) is 6.56. The van der Waals surface area contributed by atoms with Crippen LogP contribution in [0.1, 0.15) is 15.9 Å². The third-order valence-electron chi connectivity index (χ3n) is 3.07. The molecule has 2 aromatic rings. The molecule has 8 heteroatoms. The molecule has 5 nitrogen and oxygen atoms in total. The monoisotopic (exact) mass is 325 g/mol. The molecule has 1 aromatic carbocycles. The van der Waals surface area contributed by atoms with E-state index in [0.29, 0.717) is 5.69 Å². The molecule has 23 heavy (non-hydrogen) atoms. The Hall–Kier alpha value is -2.77. The molecule has 122 valence electrons. The van der Waals surface area contributed by atoms with Crippen molar-refractivity contribution in [2.24, 2.45) is 0 Å². The molecule has 0 unspecified atom stereocenters. The molecule has 0 spiro atoms. The number of aromatic nitrogens is 1. The van der Waals surface area contributed by atoms with E-state index in [-0.39, 0.29) is 16.8 Å². The Morgan fingerprint density at radius 1 is 1.17 bits per heavy atom. The maximum Gasteiger partial charge on any atom is 0.416 e. The Bertz CT molecular complexity index is 762. The van der Waals surface area contributed by atoms with Gasteiger partial charge in [0.05, 0.1) is 11.1 Å². The van der Waals surface area contributed by atoms with Crippen LogP contribution in [0.15, 0.2) is 41.3 Å². The van der Waals surface area contributed by atoms with E-state index in [0.717, 1.165) is 18.2 Å². The highest BCUT2D eigenvalue weighted by molar-refractivity contribution is 6.04. The van der Waals surface area contributed by atoms with Crippen molar-refractivity contribution in [3.63, 3.8) is 0 Å². The average molecular weight is 325 g/mol. The zero-order valence-corrected chi connectivity index (χ0v) is 12.4. The van der Waals surface area contributed by atoms with Gasteiger partial charge in [0.25, 0.3) is 5.91 Å². The van der Waals surface area contributed by atoms with Crippen molar-refractivity contribution in [1.29, 1.82) is 0 Å². The standard InChI is InChI=1S/C15H14F3N3O2/c1-21(2)12-6-10(15(16,17)18)5-11(7-12)20-14(23)9-3-4-13(22)19-8-9/h3-8H,1-2H3,(H,19,22)(H,20,23). The number of pyridine rings is 1. The number of carbonyl (C=O) groups excluding carboxylic acids is 1. The van der Waals surface area contributed by atoms with Gasteiger partial charge in [0.15, 0.2) is 0 Å². The van der Waals surface area contributed by atoms with Crippen molar-refractivity contribution in [3.8, 4) is 0 Å². The summed E-state index contributed by atoms with van der Waals surface area (Å²) in [5, 5.41) is 2.40. The van der Waals surface area contributed by atoms with Crippen LogP contribution in [0.4, 0.5) is 24.5 Å². The Kier molecular flexibility index (Phi) is 4.44. The lowest BCUT2D eigenvalue weighted by atomic mass is 10.1. The van der Waals surface area contributed by atoms with Crippen LogP contribution in [-0.4, -0.2) is 25.0 Å². The Labute approximate surface area is 129 Å². The van der Waals surface area contributed by atoms with Crippen molar-refractivity contribution in [2.45, 2.75) is 6.18 Å². The summed E-state index contributed by atoms with van der Waals surface area (Å²) in [5.41, 5.74) is -0.791. The van der Waals surface area contributed by atoms with Gasteiger partial charge >= 0.3 is 6.18 Å². The fourth-order valence-electron chi connectivity index (χ4n) is 1.86. The number of hydrogen-bond donors (Lipinski definition) is 2. The summed E-state index contributed by atoms with van der Waals surface area (Å²) in [5.74, 6) is -0.620. The maximum absolute atomic E-state index is 12.9. The van der Waals surface area contributed by atoms with E-state index in [2.05, 4.69) is 10.3 Å². The number of hydrogen-bond acceptors (Lipinski definition) is 3. The zero-order chi connectivity index (χ0) is 17.2. The Morgan fingerprint density at radius 2 is 1.87 bits per heavy atom. The summed E-state index contributed by atoms with van der Waals surface area (Å²) in [6.45, 7) is 0. The van der Waals surface area contributed by atoms with Crippen LogP contribution >= 0.6 is 0 Å². The van der Waals surface area contributed by atoms with Gasteiger partial charge in [-0.25, -0.2) is 0 Å². The van der Waals surface area contributed by atoms with E-state index < -0.39 is 17.6 Å². The minimum Gasteiger partial charge on any atom is -0.378 e. The summed E-state index contributed by atoms with van der Waals surface area (Å²) in [4.78, 5) is 26.8. The Morgan fingerprint density at radius 3 is 2.39 bits per heavy atom. The number of amides is 1. The fraction of sp³-hybridized carbons (Fsp3) is 0.200. The minimum atomic E-state index is -4.52. The van der Waals surface area contributed by atoms with Gasteiger partial charge in [-0.2, -0.15) is 13.2 Å². The van der Waals surface area contributed by atoms with Crippen LogP contribution in [0.2, 0.25) is 0 Å². The first-order valence-corrected chi connectivity index (χ1v) is 6.56. The third-order valence-corrected chi connectivity index (χ3v) is 3.07. The van der Waals surface area contributed by atoms with Crippen molar-refractivity contribution >= 4 is 17.3 Å². The summed E-state index contributed by atoms with van der Waals surface area (Å²) < 4.78 is 38.8. The lowest BCUT2D eigenvalue weighted by Crippen LogP contribution is -2.17. The van der Waals surface area contributed by atoms with Crippen LogP contribution in [0.25, 0.3) is 0 Å². The molecular formula is C15H14F3N3O2. The number of nitrogens with zero attached hydrogens (tertiary/aromatic N) is 1. The molecule has 2 N–H and O–H groups in total. The highest BCUT2D eigenvalue weighted by Gasteiger charge is 2.31. The summed E-state index contributed by atoms with van der Waals surface area (Å²) in [6.07, 6.45) is -3.33. The number of alkyl halides is 3. The molecular weight excluding hydrogens is 311 g/mol. The lowest BCUT2D eigenvalue weighted by molar-refractivity contribution is -0.137. The molecule has 0 saturated heterocycles. The smallest absolute Gasteiger partial charge is 0.378 e. The second-order valence-electron chi connectivity index (χ2n) is 5.06. The largest absolute Gasteiger partial charge is 0.416 e. The van der Waals surface area contributed by atoms with Crippen molar-refractivity contribution in [3.05, 3.63) is 58.0 Å². The normalized spacial score (nSPS) is 11.2. The van der Waals surface area contributed by atoms with Gasteiger partial charge in [-0.1, -0.05) is 0 Å². The number of nitrogens with one attached hydrogen (secondary N) is 2. The number of halogens is 3. The predicted molar refractivity (Wildman–Crippen MR) is 80.8 cm³/mol. The van der Waals surface area contributed by atoms with Gasteiger partial charge in [-0.15, -0.1) is 0 Å². The van der Waals surface area contributed by atoms with Crippen molar-refractivity contribution in [1.82, 2.24) is 4.98 Å². The summed E-state index contributed by atoms with van der Waals surface area (Å²) in [7, 11) is 3.20. The van der Waals surface area contributed by atoms with Crippen LogP contribution in [0.5, 0.6) is 0 Å². The Balaban J connectivity index is 2.35. The molecule has 1 amide bonds. The summed E-state index contributed by atoms with van der Waals surface area (Å²) in [6, 6.07) is 5.73. The molecule has 0 radical (unpaired) electrons. The van der Waals surface area contributed by atoms with E-state index in [1.54, 1.807) is 14.1 Å². The number of aromatic amines is 1. The van der Waals surface area contributed by atoms with E-state index in [1.807, 2.05) is 0 Å². The molecule has 0 bridgehead atoms. The highest BCUT2D eigenvalue weighted by Crippen LogP contribution is 2.34. The molecule has 0 fully saturated rings. The van der Waals surface area contributed by atoms with Gasteiger partial charge in [0.1, 0.15) is 0 Å². The molecule has 0 atom stereocenters. The van der Waals surface area contributed by atoms with Gasteiger partial charge in [0, 0.05) is 37.7 Å². The van der Waals surface area contributed by atoms with E-state index in [1.165, 1.54) is 23.2 Å². The predicted octanol–water partition coefficient (Wildman–Crippen LogP) is 2.71. The highest BCUT2D eigenvalue weighted by atomic mass is 19.4. The number of benzene rings is 1. The topological polar surface area (TPSA) is 65.2 Å². The number of rotatable bonds is 3. The SMILES string of the molecule is CN(C)c1cc(NC(=O)c2ccc(=O)[nH]c2)cc(C(F)(F)F)c1. The number of carbonyl (C=O) groups is 1. The van der Waals surface area contributed by atoms with Crippen LogP contribution in [0.3, 0.4) is 0 Å². The molecule has 0 saturated carbocycles. The number of H-pyrrole nitrogens is 1. The second kappa shape index (κ2) is 6.15. The van der Waals surface area contributed by atoms with Gasteiger partial charge < -0.3 is 15.2 Å². The molecule has 1 heterocycles. The molecule has 0 aliphatic carbocycles. The van der Waals surface area contributed by atoms with Crippen LogP contribution in [0, 0.1) is 0 Å². The molecule has 0 aliphatic heterocycles. The van der Waals surface area contributed by atoms with E-state index in [4.69, 9.17) is 0 Å². The van der Waals surface area contributed by atoms with E-state index in [9.17, 15) is 22.8 Å². The molecule has 1 aromatic heterocycles. The zero-order valence-electron chi connectivity index (χ0n) is 12.4. The fourth-order valence-corrected chi connectivity index (χ4v) is 1.86. The first-order chi connectivity index (χ1) is 10.7. The lowest BCUT2D eigenvalue weighted by Gasteiger charge is -2.17. The maximum atomic E-state index is 12.9. The average Bonchev–Trinajstić information content (AvgIpc) is 2.46. The molecule has 2 rings (SSSR count). The summed E-state index contributed by atoms with van der Waals surface area (Å²) >= 11 is 0. The van der Waals surface area contributed by atoms with Gasteiger partial charge in [0.2, 0.25) is 5.56 Å². The van der Waals surface area contributed by atoms with Crippen LogP contribution < -0.4 is 15.8 Å². The number of anilines is 2. The van der Waals surface area contributed by atoms with Crippen LogP contribution in [-0.2, 0) is 6.18 Å². The van der Waals surface area contributed by atoms with Gasteiger partial charge in [-0.3, -0.25) is 9.59 Å². The third kappa shape index (κ3) is 4.12. The molecule has 0 aliphatic rings. The van der Waals surface area contributed by atoms with Gasteiger partial charge in [-0.05, 0) is 24.3 Å². The van der Waals surface area contributed by atoms with Crippen molar-refractivity contribution in [2.75, 3.05) is 24.3 Å². The van der Waals surface area contributed by atoms with Crippen molar-refractivity contribution < 1.29 is 18.0 Å². The minimum absolute atomic E-state index is 0.0136. The first kappa shape index (κ1) is 16.6. The quantitative estimate of drug-likeness (QED) is 0.912.